The first-order chi connectivity index (χ1) is 11.2. The van der Waals surface area contributed by atoms with E-state index in [-0.39, 0.29) is 11.9 Å². The van der Waals surface area contributed by atoms with Crippen LogP contribution in [0.2, 0.25) is 0 Å². The lowest BCUT2D eigenvalue weighted by molar-refractivity contribution is 0.0661. The Bertz CT molecular complexity index is 718. The van der Waals surface area contributed by atoms with Crippen LogP contribution in [0.25, 0.3) is 10.8 Å². The molecule has 6 heteroatoms. The minimum absolute atomic E-state index is 0.0668. The molecule has 1 aromatic carbocycles. The first kappa shape index (κ1) is 15.3. The second kappa shape index (κ2) is 6.64. The van der Waals surface area contributed by atoms with Gasteiger partial charge in [0.05, 0.1) is 0 Å². The summed E-state index contributed by atoms with van der Waals surface area (Å²) in [6.07, 6.45) is 1.67. The fourth-order valence-electron chi connectivity index (χ4n) is 2.82. The Kier molecular flexibility index (Phi) is 4.41. The van der Waals surface area contributed by atoms with Crippen LogP contribution in [-0.2, 0) is 0 Å². The number of amides is 3. The van der Waals surface area contributed by atoms with Crippen LogP contribution in [0.15, 0.2) is 36.5 Å². The molecule has 0 saturated carbocycles. The van der Waals surface area contributed by atoms with E-state index in [1.165, 1.54) is 0 Å². The summed E-state index contributed by atoms with van der Waals surface area (Å²) in [7, 11) is 0. The topological polar surface area (TPSA) is 65.5 Å². The van der Waals surface area contributed by atoms with Gasteiger partial charge >= 0.3 is 6.03 Å². The highest BCUT2D eigenvalue weighted by atomic mass is 16.2. The Morgan fingerprint density at radius 3 is 2.52 bits per heavy atom. The standard InChI is InChI=1S/C17H20N4O2/c1-2-18-17(23)21-11-9-20(10-12-21)16(22)15-14-6-4-3-5-13(14)7-8-19-15/h3-8H,2,9-12H2,1H3,(H,18,23). The van der Waals surface area contributed by atoms with E-state index in [2.05, 4.69) is 10.3 Å². The summed E-state index contributed by atoms with van der Waals surface area (Å²) in [4.78, 5) is 32.4. The van der Waals surface area contributed by atoms with Gasteiger partial charge in [0.15, 0.2) is 0 Å². The highest BCUT2D eigenvalue weighted by Crippen LogP contribution is 2.18. The molecule has 1 saturated heterocycles. The molecule has 23 heavy (non-hydrogen) atoms. The molecule has 0 bridgehead atoms. The lowest BCUT2D eigenvalue weighted by atomic mass is 10.1. The predicted octanol–water partition coefficient (Wildman–Crippen LogP) is 1.72. The van der Waals surface area contributed by atoms with Gasteiger partial charge in [-0.15, -0.1) is 0 Å². The maximum atomic E-state index is 12.8. The molecule has 1 aromatic heterocycles. The second-order valence-corrected chi connectivity index (χ2v) is 5.50. The molecule has 0 radical (unpaired) electrons. The van der Waals surface area contributed by atoms with E-state index in [1.807, 2.05) is 37.3 Å². The molecule has 1 aliphatic heterocycles. The van der Waals surface area contributed by atoms with Gasteiger partial charge < -0.3 is 15.1 Å². The van der Waals surface area contributed by atoms with Crippen molar-refractivity contribution >= 4 is 22.7 Å². The molecule has 1 fully saturated rings. The van der Waals surface area contributed by atoms with E-state index in [0.717, 1.165) is 10.8 Å². The van der Waals surface area contributed by atoms with Crippen molar-refractivity contribution in [1.82, 2.24) is 20.1 Å². The van der Waals surface area contributed by atoms with Crippen molar-refractivity contribution in [2.24, 2.45) is 0 Å². The number of hydrogen-bond donors (Lipinski definition) is 1. The maximum Gasteiger partial charge on any atom is 0.317 e. The van der Waals surface area contributed by atoms with Gasteiger partial charge in [-0.05, 0) is 18.4 Å². The summed E-state index contributed by atoms with van der Waals surface area (Å²) in [5.74, 6) is -0.0719. The number of urea groups is 1. The van der Waals surface area contributed by atoms with E-state index in [1.54, 1.807) is 16.0 Å². The van der Waals surface area contributed by atoms with E-state index in [9.17, 15) is 9.59 Å². The lowest BCUT2D eigenvalue weighted by Gasteiger charge is -2.34. The fraction of sp³-hybridized carbons (Fsp3) is 0.353. The molecule has 3 rings (SSSR count). The molecule has 1 aliphatic rings. The van der Waals surface area contributed by atoms with Gasteiger partial charge in [-0.1, -0.05) is 24.3 Å². The summed E-state index contributed by atoms with van der Waals surface area (Å²) >= 11 is 0. The highest BCUT2D eigenvalue weighted by Gasteiger charge is 2.26. The van der Waals surface area contributed by atoms with Crippen molar-refractivity contribution in [1.29, 1.82) is 0 Å². The van der Waals surface area contributed by atoms with Crippen LogP contribution >= 0.6 is 0 Å². The molecule has 1 N–H and O–H groups in total. The summed E-state index contributed by atoms with van der Waals surface area (Å²) < 4.78 is 0. The van der Waals surface area contributed by atoms with Crippen LogP contribution in [0.4, 0.5) is 4.79 Å². The minimum Gasteiger partial charge on any atom is -0.338 e. The van der Waals surface area contributed by atoms with E-state index in [0.29, 0.717) is 38.4 Å². The van der Waals surface area contributed by atoms with Gasteiger partial charge in [-0.3, -0.25) is 9.78 Å². The van der Waals surface area contributed by atoms with Crippen LogP contribution < -0.4 is 5.32 Å². The third-order valence-electron chi connectivity index (χ3n) is 4.06. The van der Waals surface area contributed by atoms with Crippen LogP contribution in [0.5, 0.6) is 0 Å². The number of piperazine rings is 1. The molecule has 0 unspecified atom stereocenters. The van der Waals surface area contributed by atoms with Crippen LogP contribution in [0.1, 0.15) is 17.4 Å². The molecule has 2 heterocycles. The highest BCUT2D eigenvalue weighted by molar-refractivity contribution is 6.05. The molecular weight excluding hydrogens is 292 g/mol. The zero-order valence-electron chi connectivity index (χ0n) is 13.2. The Balaban J connectivity index is 1.73. The van der Waals surface area contributed by atoms with Crippen molar-refractivity contribution < 1.29 is 9.59 Å². The molecular formula is C17H20N4O2. The molecule has 0 atom stereocenters. The minimum atomic E-state index is -0.0719. The normalized spacial score (nSPS) is 14.8. The summed E-state index contributed by atoms with van der Waals surface area (Å²) in [5, 5.41) is 4.66. The fourth-order valence-corrected chi connectivity index (χ4v) is 2.82. The Hall–Kier alpha value is -2.63. The van der Waals surface area contributed by atoms with Gasteiger partial charge in [0.2, 0.25) is 0 Å². The number of pyridine rings is 1. The number of carbonyl (C=O) groups excluding carboxylic acids is 2. The zero-order valence-corrected chi connectivity index (χ0v) is 13.2. The molecule has 0 aliphatic carbocycles. The number of nitrogens with one attached hydrogen (secondary N) is 1. The van der Waals surface area contributed by atoms with Crippen LogP contribution in [0.3, 0.4) is 0 Å². The van der Waals surface area contributed by atoms with Crippen LogP contribution in [-0.4, -0.2) is 59.4 Å². The van der Waals surface area contributed by atoms with Crippen molar-refractivity contribution in [2.45, 2.75) is 6.92 Å². The third-order valence-corrected chi connectivity index (χ3v) is 4.06. The first-order valence-corrected chi connectivity index (χ1v) is 7.86. The third kappa shape index (κ3) is 3.11. The predicted molar refractivity (Wildman–Crippen MR) is 88.3 cm³/mol. The van der Waals surface area contributed by atoms with Gasteiger partial charge in [-0.2, -0.15) is 0 Å². The quantitative estimate of drug-likeness (QED) is 0.918. The summed E-state index contributed by atoms with van der Waals surface area (Å²) in [6, 6.07) is 9.58. The number of benzene rings is 1. The van der Waals surface area contributed by atoms with E-state index >= 15 is 0 Å². The van der Waals surface area contributed by atoms with Crippen molar-refractivity contribution in [3.63, 3.8) is 0 Å². The monoisotopic (exact) mass is 312 g/mol. The van der Waals surface area contributed by atoms with Gasteiger partial charge in [-0.25, -0.2) is 4.79 Å². The Morgan fingerprint density at radius 2 is 1.78 bits per heavy atom. The Labute approximate surface area is 135 Å². The average molecular weight is 312 g/mol. The van der Waals surface area contributed by atoms with Crippen molar-refractivity contribution in [2.75, 3.05) is 32.7 Å². The zero-order chi connectivity index (χ0) is 16.2. The number of carbonyl (C=O) groups is 2. The van der Waals surface area contributed by atoms with E-state index in [4.69, 9.17) is 0 Å². The number of rotatable bonds is 2. The number of aromatic nitrogens is 1. The summed E-state index contributed by atoms with van der Waals surface area (Å²) in [5.41, 5.74) is 0.481. The number of nitrogens with zero attached hydrogens (tertiary/aromatic N) is 3. The van der Waals surface area contributed by atoms with Gasteiger partial charge in [0.25, 0.3) is 5.91 Å². The molecule has 6 nitrogen and oxygen atoms in total. The van der Waals surface area contributed by atoms with Crippen molar-refractivity contribution in [3.05, 3.63) is 42.2 Å². The van der Waals surface area contributed by atoms with Crippen molar-refractivity contribution in [3.8, 4) is 0 Å². The second-order valence-electron chi connectivity index (χ2n) is 5.50. The molecule has 2 aromatic rings. The number of hydrogen-bond acceptors (Lipinski definition) is 3. The van der Waals surface area contributed by atoms with Gasteiger partial charge in [0.1, 0.15) is 5.69 Å². The van der Waals surface area contributed by atoms with E-state index < -0.39 is 0 Å². The van der Waals surface area contributed by atoms with Gasteiger partial charge in [0, 0.05) is 44.3 Å². The number of fused-ring (bicyclic) bond motifs is 1. The molecule has 3 amide bonds. The SMILES string of the molecule is CCNC(=O)N1CCN(C(=O)c2nccc3ccccc23)CC1. The smallest absolute Gasteiger partial charge is 0.317 e. The maximum absolute atomic E-state index is 12.8. The Morgan fingerprint density at radius 1 is 1.09 bits per heavy atom. The summed E-state index contributed by atoms with van der Waals surface area (Å²) in [6.45, 7) is 4.65. The van der Waals surface area contributed by atoms with Crippen LogP contribution in [0, 0.1) is 0 Å². The average Bonchev–Trinajstić information content (AvgIpc) is 2.61. The lowest BCUT2D eigenvalue weighted by Crippen LogP contribution is -2.53. The first-order valence-electron chi connectivity index (χ1n) is 7.86. The molecule has 120 valence electrons. The molecule has 0 spiro atoms. The largest absolute Gasteiger partial charge is 0.338 e.